The van der Waals surface area contributed by atoms with Crippen LogP contribution in [0.4, 0.5) is 0 Å². The van der Waals surface area contributed by atoms with Crippen LogP contribution < -0.4 is 0 Å². The van der Waals surface area contributed by atoms with Gasteiger partial charge in [0.25, 0.3) is 0 Å². The van der Waals surface area contributed by atoms with Crippen LogP contribution in [0.3, 0.4) is 0 Å². The molecule has 0 aliphatic rings. The highest BCUT2D eigenvalue weighted by Gasteiger charge is 1.96. The van der Waals surface area contributed by atoms with Gasteiger partial charge in [-0.3, -0.25) is 4.79 Å². The quantitative estimate of drug-likeness (QED) is 0.386. The molecular formula is C14H28O2. The zero-order chi connectivity index (χ0) is 12.1. The van der Waals surface area contributed by atoms with Crippen molar-refractivity contribution in [3.8, 4) is 0 Å². The van der Waals surface area contributed by atoms with Crippen LogP contribution in [0, 0.1) is 0 Å². The Morgan fingerprint density at radius 1 is 0.750 bits per heavy atom. The van der Waals surface area contributed by atoms with Gasteiger partial charge in [0.2, 0.25) is 0 Å². The Labute approximate surface area is 100 Å². The monoisotopic (exact) mass is 229 g/mol. The van der Waals surface area contributed by atoms with Crippen LogP contribution >= 0.6 is 0 Å². The molecule has 0 saturated heterocycles. The van der Waals surface area contributed by atoms with Gasteiger partial charge in [-0.2, -0.15) is 0 Å². The fourth-order valence-corrected chi connectivity index (χ4v) is 1.94. The zero-order valence-electron chi connectivity index (χ0n) is 10.8. The van der Waals surface area contributed by atoms with Crippen molar-refractivity contribution in [3.05, 3.63) is 0 Å². The van der Waals surface area contributed by atoms with E-state index in [2.05, 4.69) is 6.92 Å². The van der Waals surface area contributed by atoms with Crippen molar-refractivity contribution >= 4 is 5.97 Å². The summed E-state index contributed by atoms with van der Waals surface area (Å²) in [5, 5.41) is 8.46. The maximum Gasteiger partial charge on any atom is 0.303 e. The molecule has 0 spiro atoms. The number of hydrogen-bond acceptors (Lipinski definition) is 1. The van der Waals surface area contributed by atoms with Gasteiger partial charge < -0.3 is 5.11 Å². The molecule has 0 rings (SSSR count). The average Bonchev–Trinajstić information content (AvgIpc) is 2.25. The highest BCUT2D eigenvalue weighted by Crippen LogP contribution is 2.11. The summed E-state index contributed by atoms with van der Waals surface area (Å²) < 4.78 is 0. The molecule has 0 aromatic carbocycles. The number of carboxylic acids is 1. The van der Waals surface area contributed by atoms with Gasteiger partial charge in [0, 0.05) is 6.42 Å². The van der Waals surface area contributed by atoms with Crippen molar-refractivity contribution in [2.24, 2.45) is 0 Å². The van der Waals surface area contributed by atoms with Gasteiger partial charge in [0.15, 0.2) is 0 Å². The summed E-state index contributed by atoms with van der Waals surface area (Å²) in [6.45, 7) is 2.25. The normalized spacial score (nSPS) is 10.6. The van der Waals surface area contributed by atoms with E-state index >= 15 is 0 Å². The van der Waals surface area contributed by atoms with Crippen molar-refractivity contribution in [1.82, 2.24) is 0 Å². The molecule has 0 aromatic rings. The van der Waals surface area contributed by atoms with Crippen LogP contribution in [0.1, 0.15) is 84.0 Å². The Kier molecular flexibility index (Phi) is 12.1. The molecule has 0 aliphatic carbocycles. The van der Waals surface area contributed by atoms with Gasteiger partial charge in [0.1, 0.15) is 0 Å². The lowest BCUT2D eigenvalue weighted by atomic mass is 10.1. The second kappa shape index (κ2) is 12.5. The molecule has 0 bridgehead atoms. The van der Waals surface area contributed by atoms with Crippen LogP contribution in [0.25, 0.3) is 0 Å². The predicted molar refractivity (Wildman–Crippen MR) is 68.7 cm³/mol. The highest BCUT2D eigenvalue weighted by molar-refractivity contribution is 5.66. The molecule has 2 nitrogen and oxygen atoms in total. The Hall–Kier alpha value is -0.530. The number of carboxylic acid groups (broad SMARTS) is 1. The fraction of sp³-hybridized carbons (Fsp3) is 0.929. The van der Waals surface area contributed by atoms with E-state index in [4.69, 9.17) is 5.11 Å². The van der Waals surface area contributed by atoms with E-state index in [9.17, 15) is 4.79 Å². The summed E-state index contributed by atoms with van der Waals surface area (Å²) in [6.07, 6.45) is 14.4. The standard InChI is InChI=1S/C14H28O2/c1-2-3-4-5-6-7-8-9-10-11-12-13-14(15)16/h2-13H2,1H3,(H,15,16)/i14+1. The molecule has 0 aromatic heterocycles. The van der Waals surface area contributed by atoms with Crippen molar-refractivity contribution in [3.63, 3.8) is 0 Å². The molecule has 0 aliphatic heterocycles. The van der Waals surface area contributed by atoms with Crippen molar-refractivity contribution < 1.29 is 9.90 Å². The minimum atomic E-state index is -0.657. The number of unbranched alkanes of at least 4 members (excludes halogenated alkanes) is 10. The Balaban J connectivity index is 2.90. The molecule has 96 valence electrons. The van der Waals surface area contributed by atoms with E-state index in [0.29, 0.717) is 6.42 Å². The molecule has 0 unspecified atom stereocenters. The van der Waals surface area contributed by atoms with E-state index in [1.165, 1.54) is 57.8 Å². The maximum absolute atomic E-state index is 10.3. The van der Waals surface area contributed by atoms with Gasteiger partial charge in [-0.25, -0.2) is 0 Å². The third-order valence-electron chi connectivity index (χ3n) is 2.99. The lowest BCUT2D eigenvalue weighted by molar-refractivity contribution is -0.137. The van der Waals surface area contributed by atoms with Gasteiger partial charge in [-0.1, -0.05) is 71.1 Å². The second-order valence-electron chi connectivity index (χ2n) is 4.68. The van der Waals surface area contributed by atoms with E-state index < -0.39 is 5.97 Å². The molecule has 0 fully saturated rings. The first kappa shape index (κ1) is 15.5. The lowest BCUT2D eigenvalue weighted by Gasteiger charge is -2.01. The van der Waals surface area contributed by atoms with E-state index in [1.807, 2.05) is 0 Å². The Morgan fingerprint density at radius 2 is 1.12 bits per heavy atom. The first-order chi connectivity index (χ1) is 7.77. The molecule has 0 atom stereocenters. The predicted octanol–water partition coefficient (Wildman–Crippen LogP) is 4.77. The maximum atomic E-state index is 10.3. The number of carbonyl (C=O) groups is 1. The molecule has 2 heteroatoms. The van der Waals surface area contributed by atoms with Crippen molar-refractivity contribution in [2.45, 2.75) is 84.0 Å². The fourth-order valence-electron chi connectivity index (χ4n) is 1.94. The first-order valence-electron chi connectivity index (χ1n) is 6.99. The van der Waals surface area contributed by atoms with Crippen LogP contribution in [0.5, 0.6) is 0 Å². The van der Waals surface area contributed by atoms with Gasteiger partial charge in [-0.15, -0.1) is 0 Å². The van der Waals surface area contributed by atoms with Gasteiger partial charge >= 0.3 is 5.97 Å². The summed E-state index contributed by atoms with van der Waals surface area (Å²) in [4.78, 5) is 10.3. The van der Waals surface area contributed by atoms with Crippen molar-refractivity contribution in [2.75, 3.05) is 0 Å². The zero-order valence-corrected chi connectivity index (χ0v) is 10.8. The summed E-state index contributed by atoms with van der Waals surface area (Å²) in [6, 6.07) is 0. The van der Waals surface area contributed by atoms with Gasteiger partial charge in [0.05, 0.1) is 0 Å². The molecule has 16 heavy (non-hydrogen) atoms. The minimum absolute atomic E-state index is 0.344. The third kappa shape index (κ3) is 13.5. The molecule has 1 N–H and O–H groups in total. The average molecular weight is 229 g/mol. The number of rotatable bonds is 12. The summed E-state index contributed by atoms with van der Waals surface area (Å²) >= 11 is 0. The lowest BCUT2D eigenvalue weighted by Crippen LogP contribution is -1.93. The molecule has 0 heterocycles. The largest absolute Gasteiger partial charge is 0.481 e. The molecule has 0 amide bonds. The van der Waals surface area contributed by atoms with Crippen LogP contribution in [-0.4, -0.2) is 11.1 Å². The van der Waals surface area contributed by atoms with E-state index in [0.717, 1.165) is 12.8 Å². The van der Waals surface area contributed by atoms with Gasteiger partial charge in [-0.05, 0) is 6.42 Å². The topological polar surface area (TPSA) is 37.3 Å². The molecule has 0 radical (unpaired) electrons. The first-order valence-corrected chi connectivity index (χ1v) is 6.99. The highest BCUT2D eigenvalue weighted by atomic mass is 16.5. The Bertz CT molecular complexity index is 155. The van der Waals surface area contributed by atoms with E-state index in [1.54, 1.807) is 0 Å². The minimum Gasteiger partial charge on any atom is -0.481 e. The second-order valence-corrected chi connectivity index (χ2v) is 4.68. The molecular weight excluding hydrogens is 201 g/mol. The Morgan fingerprint density at radius 3 is 1.50 bits per heavy atom. The van der Waals surface area contributed by atoms with Crippen LogP contribution in [0.2, 0.25) is 0 Å². The SMILES string of the molecule is CCCCCCCCCCCCC[13C](=O)O. The van der Waals surface area contributed by atoms with E-state index in [-0.39, 0.29) is 0 Å². The summed E-state index contributed by atoms with van der Waals surface area (Å²) in [7, 11) is 0. The number of hydrogen-bond donors (Lipinski definition) is 1. The smallest absolute Gasteiger partial charge is 0.303 e. The van der Waals surface area contributed by atoms with Crippen LogP contribution in [0.15, 0.2) is 0 Å². The summed E-state index contributed by atoms with van der Waals surface area (Å²) in [5.41, 5.74) is 0. The van der Waals surface area contributed by atoms with Crippen molar-refractivity contribution in [1.29, 1.82) is 0 Å². The number of aliphatic carboxylic acids is 1. The summed E-state index contributed by atoms with van der Waals surface area (Å²) in [5.74, 6) is -0.657. The van der Waals surface area contributed by atoms with Crippen LogP contribution in [-0.2, 0) is 4.79 Å². The molecule has 0 saturated carbocycles. The third-order valence-corrected chi connectivity index (χ3v) is 2.99.